The standard InChI is InChI=1S/C16H12FN3O3/c17-11-5-9(18)1-2-13(11)23-16-10-6-14-15(22-4-3-21-14)7-12(10)19-8-20-16/h1-2,5-8H,3-4,18H2. The molecule has 1 aliphatic heterocycles. The fourth-order valence-corrected chi connectivity index (χ4v) is 2.35. The van der Waals surface area contributed by atoms with Crippen LogP contribution in [0.4, 0.5) is 10.1 Å². The first kappa shape index (κ1) is 13.6. The summed E-state index contributed by atoms with van der Waals surface area (Å²) in [6.45, 7) is 0.957. The SMILES string of the molecule is Nc1ccc(Oc2ncnc3cc4c(cc23)OCCO4)c(F)c1. The van der Waals surface area contributed by atoms with Gasteiger partial charge in [0.15, 0.2) is 23.1 Å². The lowest BCUT2D eigenvalue weighted by atomic mass is 10.2. The molecule has 0 spiro atoms. The predicted octanol–water partition coefficient (Wildman–Crippen LogP) is 2.91. The number of hydrogen-bond donors (Lipinski definition) is 1. The molecule has 0 bridgehead atoms. The van der Waals surface area contributed by atoms with Crippen LogP contribution in [0.2, 0.25) is 0 Å². The number of nitrogens with two attached hydrogens (primary N) is 1. The average Bonchev–Trinajstić information content (AvgIpc) is 2.56. The molecule has 2 aromatic carbocycles. The van der Waals surface area contributed by atoms with E-state index >= 15 is 0 Å². The second-order valence-corrected chi connectivity index (χ2v) is 4.98. The first-order valence-corrected chi connectivity index (χ1v) is 6.98. The third kappa shape index (κ3) is 2.46. The van der Waals surface area contributed by atoms with Crippen molar-refractivity contribution in [1.82, 2.24) is 9.97 Å². The van der Waals surface area contributed by atoms with Crippen molar-refractivity contribution < 1.29 is 18.6 Å². The Balaban J connectivity index is 1.80. The minimum Gasteiger partial charge on any atom is -0.486 e. The summed E-state index contributed by atoms with van der Waals surface area (Å²) in [5.41, 5.74) is 6.48. The van der Waals surface area contributed by atoms with E-state index in [1.165, 1.54) is 18.5 Å². The Hall–Kier alpha value is -3.09. The zero-order chi connectivity index (χ0) is 15.8. The van der Waals surface area contributed by atoms with E-state index in [9.17, 15) is 4.39 Å². The maximum atomic E-state index is 13.9. The molecular weight excluding hydrogens is 301 g/mol. The number of ether oxygens (including phenoxy) is 3. The monoisotopic (exact) mass is 313 g/mol. The molecular formula is C16H12FN3O3. The van der Waals surface area contributed by atoms with Crippen LogP contribution in [-0.2, 0) is 0 Å². The van der Waals surface area contributed by atoms with Gasteiger partial charge in [-0.15, -0.1) is 0 Å². The summed E-state index contributed by atoms with van der Waals surface area (Å²) in [6, 6.07) is 7.68. The van der Waals surface area contributed by atoms with Gasteiger partial charge in [-0.3, -0.25) is 0 Å². The molecule has 0 radical (unpaired) electrons. The van der Waals surface area contributed by atoms with Gasteiger partial charge in [-0.25, -0.2) is 14.4 Å². The summed E-state index contributed by atoms with van der Waals surface area (Å²) in [4.78, 5) is 8.27. The zero-order valence-electron chi connectivity index (χ0n) is 12.0. The van der Waals surface area contributed by atoms with E-state index in [-0.39, 0.29) is 11.6 Å². The molecule has 4 rings (SSSR count). The smallest absolute Gasteiger partial charge is 0.230 e. The van der Waals surface area contributed by atoms with Crippen molar-refractivity contribution in [3.05, 3.63) is 42.5 Å². The van der Waals surface area contributed by atoms with Crippen LogP contribution in [0.3, 0.4) is 0 Å². The molecule has 0 saturated carbocycles. The van der Waals surface area contributed by atoms with E-state index in [0.29, 0.717) is 41.3 Å². The molecule has 7 heteroatoms. The quantitative estimate of drug-likeness (QED) is 0.733. The maximum Gasteiger partial charge on any atom is 0.230 e. The van der Waals surface area contributed by atoms with Crippen molar-refractivity contribution in [2.24, 2.45) is 0 Å². The Kier molecular flexibility index (Phi) is 3.11. The van der Waals surface area contributed by atoms with Crippen LogP contribution in [-0.4, -0.2) is 23.2 Å². The molecule has 2 heterocycles. The van der Waals surface area contributed by atoms with Crippen molar-refractivity contribution in [3.63, 3.8) is 0 Å². The number of aromatic nitrogens is 2. The molecule has 116 valence electrons. The van der Waals surface area contributed by atoms with Crippen LogP contribution in [0.1, 0.15) is 0 Å². The second-order valence-electron chi connectivity index (χ2n) is 4.98. The summed E-state index contributed by atoms with van der Waals surface area (Å²) in [7, 11) is 0. The molecule has 23 heavy (non-hydrogen) atoms. The molecule has 6 nitrogen and oxygen atoms in total. The van der Waals surface area contributed by atoms with Gasteiger partial charge in [0.05, 0.1) is 10.9 Å². The molecule has 0 amide bonds. The van der Waals surface area contributed by atoms with Crippen molar-refractivity contribution in [3.8, 4) is 23.1 Å². The topological polar surface area (TPSA) is 79.5 Å². The largest absolute Gasteiger partial charge is 0.486 e. The molecule has 2 N–H and O–H groups in total. The lowest BCUT2D eigenvalue weighted by molar-refractivity contribution is 0.172. The first-order valence-electron chi connectivity index (χ1n) is 6.98. The van der Waals surface area contributed by atoms with Crippen LogP contribution < -0.4 is 19.9 Å². The highest BCUT2D eigenvalue weighted by Gasteiger charge is 2.17. The molecule has 0 atom stereocenters. The molecule has 0 fully saturated rings. The van der Waals surface area contributed by atoms with E-state index in [2.05, 4.69) is 9.97 Å². The van der Waals surface area contributed by atoms with Gasteiger partial charge in [-0.1, -0.05) is 0 Å². The average molecular weight is 313 g/mol. The van der Waals surface area contributed by atoms with Crippen LogP contribution >= 0.6 is 0 Å². The molecule has 0 unspecified atom stereocenters. The van der Waals surface area contributed by atoms with Gasteiger partial charge < -0.3 is 19.9 Å². The molecule has 3 aromatic rings. The van der Waals surface area contributed by atoms with Gasteiger partial charge in [0.1, 0.15) is 19.5 Å². The lowest BCUT2D eigenvalue weighted by Crippen LogP contribution is -2.15. The van der Waals surface area contributed by atoms with Crippen LogP contribution in [0.25, 0.3) is 10.9 Å². The first-order chi connectivity index (χ1) is 11.2. The fraction of sp³-hybridized carbons (Fsp3) is 0.125. The minimum atomic E-state index is -0.561. The zero-order valence-corrected chi connectivity index (χ0v) is 12.0. The number of nitrogen functional groups attached to an aromatic ring is 1. The number of nitrogens with zero attached hydrogens (tertiary/aromatic N) is 2. The van der Waals surface area contributed by atoms with E-state index in [0.717, 1.165) is 0 Å². The van der Waals surface area contributed by atoms with E-state index in [1.54, 1.807) is 18.2 Å². The lowest BCUT2D eigenvalue weighted by Gasteiger charge is -2.19. The highest BCUT2D eigenvalue weighted by molar-refractivity contribution is 5.87. The molecule has 0 aliphatic carbocycles. The van der Waals surface area contributed by atoms with Crippen LogP contribution in [0.15, 0.2) is 36.7 Å². The predicted molar refractivity (Wildman–Crippen MR) is 81.4 cm³/mol. The molecule has 1 aromatic heterocycles. The number of fused-ring (bicyclic) bond motifs is 2. The summed E-state index contributed by atoms with van der Waals surface area (Å²) in [5.74, 6) is 0.910. The van der Waals surface area contributed by atoms with Gasteiger partial charge in [0, 0.05) is 17.8 Å². The van der Waals surface area contributed by atoms with E-state index in [4.69, 9.17) is 19.9 Å². The summed E-state index contributed by atoms with van der Waals surface area (Å²) < 4.78 is 30.6. The molecule has 1 aliphatic rings. The van der Waals surface area contributed by atoms with Crippen LogP contribution in [0.5, 0.6) is 23.1 Å². The maximum absolute atomic E-state index is 13.9. The van der Waals surface area contributed by atoms with Crippen molar-refractivity contribution in [1.29, 1.82) is 0 Å². The number of hydrogen-bond acceptors (Lipinski definition) is 6. The Labute approximate surface area is 130 Å². The van der Waals surface area contributed by atoms with Crippen molar-refractivity contribution >= 4 is 16.6 Å². The highest BCUT2D eigenvalue weighted by atomic mass is 19.1. The second kappa shape index (κ2) is 5.28. The van der Waals surface area contributed by atoms with Crippen molar-refractivity contribution in [2.75, 3.05) is 18.9 Å². The summed E-state index contributed by atoms with van der Waals surface area (Å²) >= 11 is 0. The molecule has 0 saturated heterocycles. The van der Waals surface area contributed by atoms with Gasteiger partial charge in [-0.05, 0) is 18.2 Å². The van der Waals surface area contributed by atoms with E-state index < -0.39 is 5.82 Å². The minimum absolute atomic E-state index is 0.0362. The van der Waals surface area contributed by atoms with Crippen molar-refractivity contribution in [2.45, 2.75) is 0 Å². The van der Waals surface area contributed by atoms with E-state index in [1.807, 2.05) is 0 Å². The normalized spacial score (nSPS) is 13.1. The summed E-state index contributed by atoms with van der Waals surface area (Å²) in [6.07, 6.45) is 1.35. The van der Waals surface area contributed by atoms with Gasteiger partial charge in [-0.2, -0.15) is 0 Å². The van der Waals surface area contributed by atoms with Gasteiger partial charge in [0.25, 0.3) is 0 Å². The Bertz CT molecular complexity index is 901. The highest BCUT2D eigenvalue weighted by Crippen LogP contribution is 2.37. The van der Waals surface area contributed by atoms with Crippen LogP contribution in [0, 0.1) is 5.82 Å². The number of rotatable bonds is 2. The van der Waals surface area contributed by atoms with Gasteiger partial charge in [0.2, 0.25) is 5.88 Å². The third-order valence-electron chi connectivity index (χ3n) is 3.43. The number of halogens is 1. The fourth-order valence-electron chi connectivity index (χ4n) is 2.35. The third-order valence-corrected chi connectivity index (χ3v) is 3.43. The number of benzene rings is 2. The number of anilines is 1. The Morgan fingerprint density at radius 1 is 1.04 bits per heavy atom. The Morgan fingerprint density at radius 2 is 1.83 bits per heavy atom. The van der Waals surface area contributed by atoms with Gasteiger partial charge >= 0.3 is 0 Å². The summed E-state index contributed by atoms with van der Waals surface area (Å²) in [5, 5.41) is 0.605. The Morgan fingerprint density at radius 3 is 2.61 bits per heavy atom.